The van der Waals surface area contributed by atoms with Crippen molar-refractivity contribution in [1.82, 2.24) is 10.1 Å². The molecule has 0 saturated heterocycles. The maximum atomic E-state index is 11.3. The Hall–Kier alpha value is -2.04. The summed E-state index contributed by atoms with van der Waals surface area (Å²) in [6, 6.07) is 3.33. The van der Waals surface area contributed by atoms with Gasteiger partial charge in [-0.2, -0.15) is 0 Å². The molecule has 16 heavy (non-hydrogen) atoms. The van der Waals surface area contributed by atoms with Gasteiger partial charge in [0, 0.05) is 6.20 Å². The highest BCUT2D eigenvalue weighted by Crippen LogP contribution is 2.14. The number of aromatic nitrogens is 2. The Morgan fingerprint density at radius 1 is 1.50 bits per heavy atom. The van der Waals surface area contributed by atoms with E-state index in [0.29, 0.717) is 11.5 Å². The van der Waals surface area contributed by atoms with Crippen LogP contribution in [0.3, 0.4) is 0 Å². The summed E-state index contributed by atoms with van der Waals surface area (Å²) in [5.74, 6) is 1.01. The molecule has 0 amide bonds. The topological polar surface area (TPSA) is 68.1 Å². The molecule has 0 aliphatic carbocycles. The minimum atomic E-state index is -0.241. The van der Waals surface area contributed by atoms with E-state index in [4.69, 9.17) is 9.26 Å². The molecule has 2 heterocycles. The van der Waals surface area contributed by atoms with Gasteiger partial charge < -0.3 is 14.2 Å². The van der Waals surface area contributed by atoms with E-state index in [2.05, 4.69) is 10.1 Å². The fourth-order valence-electron chi connectivity index (χ4n) is 1.38. The largest absolute Gasteiger partial charge is 0.483 e. The average Bonchev–Trinajstić information content (AvgIpc) is 2.58. The molecule has 0 aromatic carbocycles. The maximum absolute atomic E-state index is 11.3. The van der Waals surface area contributed by atoms with E-state index in [1.807, 2.05) is 13.8 Å². The van der Waals surface area contributed by atoms with E-state index >= 15 is 0 Å². The number of hydrogen-bond donors (Lipinski definition) is 1. The van der Waals surface area contributed by atoms with Gasteiger partial charge in [-0.3, -0.25) is 4.79 Å². The second kappa shape index (κ2) is 4.22. The summed E-state index contributed by atoms with van der Waals surface area (Å²) in [7, 11) is 0. The fourth-order valence-corrected chi connectivity index (χ4v) is 1.38. The standard InChI is InChI=1S/C11H12N2O3/c1-7-9(8(2)16-13-7)6-15-10-4-3-5-12-11(10)14/h3-5H,6H2,1-2H3,(H,12,14). The first-order valence-electron chi connectivity index (χ1n) is 4.90. The summed E-state index contributed by atoms with van der Waals surface area (Å²) >= 11 is 0. The smallest absolute Gasteiger partial charge is 0.290 e. The molecule has 0 bridgehead atoms. The van der Waals surface area contributed by atoms with Crippen molar-refractivity contribution in [2.24, 2.45) is 0 Å². The molecule has 0 aliphatic heterocycles. The Balaban J connectivity index is 2.14. The third kappa shape index (κ3) is 1.98. The summed E-state index contributed by atoms with van der Waals surface area (Å²) < 4.78 is 10.4. The van der Waals surface area contributed by atoms with Gasteiger partial charge in [0.25, 0.3) is 5.56 Å². The molecule has 5 nitrogen and oxygen atoms in total. The fraction of sp³-hybridized carbons (Fsp3) is 0.273. The van der Waals surface area contributed by atoms with Crippen molar-refractivity contribution >= 4 is 0 Å². The van der Waals surface area contributed by atoms with E-state index in [0.717, 1.165) is 11.3 Å². The van der Waals surface area contributed by atoms with Crippen molar-refractivity contribution in [1.29, 1.82) is 0 Å². The second-order valence-corrected chi connectivity index (χ2v) is 3.45. The molecule has 1 N–H and O–H groups in total. The Kier molecular flexibility index (Phi) is 2.76. The van der Waals surface area contributed by atoms with Crippen molar-refractivity contribution in [3.63, 3.8) is 0 Å². The summed E-state index contributed by atoms with van der Waals surface area (Å²) in [6.45, 7) is 3.94. The van der Waals surface area contributed by atoms with Gasteiger partial charge in [-0.15, -0.1) is 0 Å². The highest BCUT2D eigenvalue weighted by atomic mass is 16.5. The first-order chi connectivity index (χ1) is 7.68. The monoisotopic (exact) mass is 220 g/mol. The number of nitrogens with one attached hydrogen (secondary N) is 1. The number of aromatic amines is 1. The first-order valence-corrected chi connectivity index (χ1v) is 4.90. The lowest BCUT2D eigenvalue weighted by Gasteiger charge is -2.03. The number of hydrogen-bond acceptors (Lipinski definition) is 4. The van der Waals surface area contributed by atoms with Gasteiger partial charge in [-0.25, -0.2) is 0 Å². The Labute approximate surface area is 92.0 Å². The lowest BCUT2D eigenvalue weighted by Crippen LogP contribution is -2.10. The van der Waals surface area contributed by atoms with Crippen LogP contribution in [0.5, 0.6) is 5.75 Å². The quantitative estimate of drug-likeness (QED) is 0.852. The van der Waals surface area contributed by atoms with Crippen LogP contribution in [-0.2, 0) is 6.61 Å². The van der Waals surface area contributed by atoms with Crippen LogP contribution in [0.15, 0.2) is 27.6 Å². The van der Waals surface area contributed by atoms with Crippen LogP contribution in [0.2, 0.25) is 0 Å². The second-order valence-electron chi connectivity index (χ2n) is 3.45. The van der Waals surface area contributed by atoms with Crippen LogP contribution in [0.1, 0.15) is 17.0 Å². The lowest BCUT2D eigenvalue weighted by molar-refractivity contribution is 0.297. The van der Waals surface area contributed by atoms with Crippen LogP contribution in [0, 0.1) is 13.8 Å². The number of aryl methyl sites for hydroxylation is 2. The van der Waals surface area contributed by atoms with Crippen LogP contribution < -0.4 is 10.3 Å². The van der Waals surface area contributed by atoms with Crippen LogP contribution in [0.4, 0.5) is 0 Å². The van der Waals surface area contributed by atoms with E-state index in [1.165, 1.54) is 0 Å². The van der Waals surface area contributed by atoms with Crippen molar-refractivity contribution < 1.29 is 9.26 Å². The van der Waals surface area contributed by atoms with Gasteiger partial charge in [0.05, 0.1) is 11.3 Å². The number of H-pyrrole nitrogens is 1. The molecule has 2 aromatic heterocycles. The number of pyridine rings is 1. The minimum absolute atomic E-state index is 0.241. The maximum Gasteiger partial charge on any atom is 0.290 e. The Morgan fingerprint density at radius 2 is 2.31 bits per heavy atom. The minimum Gasteiger partial charge on any atom is -0.483 e. The van der Waals surface area contributed by atoms with Gasteiger partial charge in [-0.05, 0) is 26.0 Å². The van der Waals surface area contributed by atoms with Gasteiger partial charge in [0.2, 0.25) is 0 Å². The third-order valence-corrected chi connectivity index (χ3v) is 2.34. The van der Waals surface area contributed by atoms with Crippen molar-refractivity contribution in [3.05, 3.63) is 45.7 Å². The lowest BCUT2D eigenvalue weighted by atomic mass is 10.2. The molecule has 0 spiro atoms. The molecule has 0 fully saturated rings. The number of ether oxygens (including phenoxy) is 1. The number of nitrogens with zero attached hydrogens (tertiary/aromatic N) is 1. The van der Waals surface area contributed by atoms with E-state index in [1.54, 1.807) is 18.3 Å². The summed E-state index contributed by atoms with van der Waals surface area (Å²) in [6.07, 6.45) is 1.56. The van der Waals surface area contributed by atoms with Crippen molar-refractivity contribution in [3.8, 4) is 5.75 Å². The predicted molar refractivity (Wildman–Crippen MR) is 57.4 cm³/mol. The normalized spacial score (nSPS) is 10.4. The highest BCUT2D eigenvalue weighted by molar-refractivity contribution is 5.22. The molecule has 5 heteroatoms. The molecule has 2 rings (SSSR count). The molecule has 0 atom stereocenters. The zero-order valence-corrected chi connectivity index (χ0v) is 9.11. The molecular weight excluding hydrogens is 208 g/mol. The van der Waals surface area contributed by atoms with Gasteiger partial charge in [0.1, 0.15) is 12.4 Å². The zero-order valence-electron chi connectivity index (χ0n) is 9.11. The van der Waals surface area contributed by atoms with E-state index in [9.17, 15) is 4.79 Å². The molecule has 2 aromatic rings. The summed E-state index contributed by atoms with van der Waals surface area (Å²) in [5.41, 5.74) is 1.42. The van der Waals surface area contributed by atoms with Gasteiger partial charge >= 0.3 is 0 Å². The third-order valence-electron chi connectivity index (χ3n) is 2.34. The average molecular weight is 220 g/mol. The predicted octanol–water partition coefficient (Wildman–Crippen LogP) is 1.56. The van der Waals surface area contributed by atoms with E-state index in [-0.39, 0.29) is 12.2 Å². The Bertz CT molecular complexity index is 523. The molecule has 84 valence electrons. The molecule has 0 saturated carbocycles. The molecular formula is C11H12N2O3. The number of rotatable bonds is 3. The van der Waals surface area contributed by atoms with Crippen molar-refractivity contribution in [2.45, 2.75) is 20.5 Å². The molecule has 0 aliphatic rings. The summed E-state index contributed by atoms with van der Waals surface area (Å²) in [5, 5.41) is 3.81. The van der Waals surface area contributed by atoms with Gasteiger partial charge in [0.15, 0.2) is 5.75 Å². The zero-order chi connectivity index (χ0) is 11.5. The van der Waals surface area contributed by atoms with Gasteiger partial charge in [-0.1, -0.05) is 5.16 Å². The molecule has 0 unspecified atom stereocenters. The van der Waals surface area contributed by atoms with Crippen molar-refractivity contribution in [2.75, 3.05) is 0 Å². The SMILES string of the molecule is Cc1noc(C)c1COc1ccc[nH]c1=O. The first kappa shape index (κ1) is 10.5. The van der Waals surface area contributed by atoms with Crippen LogP contribution in [-0.4, -0.2) is 10.1 Å². The highest BCUT2D eigenvalue weighted by Gasteiger charge is 2.10. The summed E-state index contributed by atoms with van der Waals surface area (Å²) in [4.78, 5) is 13.9. The van der Waals surface area contributed by atoms with Crippen LogP contribution >= 0.6 is 0 Å². The molecule has 0 radical (unpaired) electrons. The Morgan fingerprint density at radius 3 is 2.94 bits per heavy atom. The van der Waals surface area contributed by atoms with Crippen LogP contribution in [0.25, 0.3) is 0 Å². The van der Waals surface area contributed by atoms with E-state index < -0.39 is 0 Å².